The number of nitrogens with two attached hydrogens (primary N) is 1. The van der Waals surface area contributed by atoms with Crippen LogP contribution in [0.3, 0.4) is 0 Å². The topological polar surface area (TPSA) is 109 Å². The molecule has 0 unspecified atom stereocenters. The lowest BCUT2D eigenvalue weighted by molar-refractivity contribution is -0.385. The average Bonchev–Trinajstić information content (AvgIpc) is 2.86. The van der Waals surface area contributed by atoms with Crippen LogP contribution in [0.15, 0.2) is 24.4 Å². The summed E-state index contributed by atoms with van der Waals surface area (Å²) in [4.78, 5) is 10.4. The molecule has 0 saturated heterocycles. The van der Waals surface area contributed by atoms with Gasteiger partial charge in [0.25, 0.3) is 0 Å². The van der Waals surface area contributed by atoms with Crippen molar-refractivity contribution in [2.75, 3.05) is 7.11 Å². The Hall–Kier alpha value is -2.48. The Balaban J connectivity index is 2.46. The highest BCUT2D eigenvalue weighted by atomic mass is 16.6. The van der Waals surface area contributed by atoms with E-state index in [2.05, 4.69) is 10.3 Å². The van der Waals surface area contributed by atoms with Gasteiger partial charge >= 0.3 is 5.69 Å². The van der Waals surface area contributed by atoms with Crippen molar-refractivity contribution >= 4 is 5.69 Å². The predicted molar refractivity (Wildman–Crippen MR) is 62.5 cm³/mol. The third-order valence-electron chi connectivity index (χ3n) is 2.37. The highest BCUT2D eigenvalue weighted by Gasteiger charge is 2.16. The molecule has 0 saturated carbocycles. The van der Waals surface area contributed by atoms with Crippen molar-refractivity contribution in [2.24, 2.45) is 5.73 Å². The lowest BCUT2D eigenvalue weighted by Crippen LogP contribution is -1.99. The smallest absolute Gasteiger partial charge is 0.313 e. The van der Waals surface area contributed by atoms with Crippen LogP contribution >= 0.6 is 0 Å². The van der Waals surface area contributed by atoms with Crippen LogP contribution in [-0.2, 0) is 6.54 Å². The second-order valence-corrected chi connectivity index (χ2v) is 3.47. The quantitative estimate of drug-likeness (QED) is 0.629. The average molecular weight is 249 g/mol. The van der Waals surface area contributed by atoms with Crippen LogP contribution in [0.1, 0.15) is 5.69 Å². The molecule has 8 heteroatoms. The van der Waals surface area contributed by atoms with Gasteiger partial charge in [-0.2, -0.15) is 0 Å². The van der Waals surface area contributed by atoms with E-state index in [1.165, 1.54) is 23.9 Å². The number of ether oxygens (including phenoxy) is 1. The number of aromatic nitrogens is 3. The summed E-state index contributed by atoms with van der Waals surface area (Å²) < 4.78 is 6.34. The Morgan fingerprint density at radius 3 is 2.89 bits per heavy atom. The Labute approximate surface area is 102 Å². The van der Waals surface area contributed by atoms with Crippen molar-refractivity contribution in [1.82, 2.24) is 15.0 Å². The van der Waals surface area contributed by atoms with E-state index in [0.29, 0.717) is 11.4 Å². The monoisotopic (exact) mass is 249 g/mol. The first-order valence-corrected chi connectivity index (χ1v) is 5.10. The fraction of sp³-hybridized carbons (Fsp3) is 0.200. The van der Waals surface area contributed by atoms with Crippen LogP contribution in [0.5, 0.6) is 5.75 Å². The summed E-state index contributed by atoms with van der Waals surface area (Å²) in [6, 6.07) is 4.53. The van der Waals surface area contributed by atoms with Crippen LogP contribution < -0.4 is 10.5 Å². The maximum atomic E-state index is 10.9. The third kappa shape index (κ3) is 2.13. The number of hydrogen-bond acceptors (Lipinski definition) is 6. The lowest BCUT2D eigenvalue weighted by Gasteiger charge is -2.04. The molecule has 2 aromatic rings. The van der Waals surface area contributed by atoms with Gasteiger partial charge in [-0.3, -0.25) is 10.1 Å². The molecule has 0 radical (unpaired) electrons. The molecule has 18 heavy (non-hydrogen) atoms. The molecule has 0 aliphatic heterocycles. The minimum absolute atomic E-state index is 0.125. The zero-order valence-corrected chi connectivity index (χ0v) is 9.61. The van der Waals surface area contributed by atoms with Gasteiger partial charge in [0, 0.05) is 12.6 Å². The van der Waals surface area contributed by atoms with Gasteiger partial charge in [0.15, 0.2) is 5.75 Å². The van der Waals surface area contributed by atoms with E-state index in [0.717, 1.165) is 0 Å². The number of hydrogen-bond donors (Lipinski definition) is 1. The molecule has 0 atom stereocenters. The Morgan fingerprint density at radius 1 is 1.56 bits per heavy atom. The van der Waals surface area contributed by atoms with Gasteiger partial charge in [0.05, 0.1) is 29.6 Å². The summed E-state index contributed by atoms with van der Waals surface area (Å²) in [6.45, 7) is 0.262. The molecular weight excluding hydrogens is 238 g/mol. The molecule has 0 aliphatic rings. The SMILES string of the molecule is COc1ccc(-n2cc(CN)nn2)cc1[N+](=O)[O-]. The zero-order chi connectivity index (χ0) is 13.1. The molecule has 2 rings (SSSR count). The second-order valence-electron chi connectivity index (χ2n) is 3.47. The minimum Gasteiger partial charge on any atom is -0.490 e. The van der Waals surface area contributed by atoms with Crippen molar-refractivity contribution in [2.45, 2.75) is 6.54 Å². The Kier molecular flexibility index (Phi) is 3.20. The van der Waals surface area contributed by atoms with Gasteiger partial charge in [-0.25, -0.2) is 4.68 Å². The van der Waals surface area contributed by atoms with Crippen molar-refractivity contribution < 1.29 is 9.66 Å². The molecule has 8 nitrogen and oxygen atoms in total. The lowest BCUT2D eigenvalue weighted by atomic mass is 10.2. The van der Waals surface area contributed by atoms with Gasteiger partial charge in [-0.1, -0.05) is 5.21 Å². The molecular formula is C10H11N5O3. The number of nitro benzene ring substituents is 1. The third-order valence-corrected chi connectivity index (χ3v) is 2.37. The standard InChI is InChI=1S/C10H11N5O3/c1-18-10-3-2-8(4-9(10)15(16)17)14-6-7(5-11)12-13-14/h2-4,6H,5,11H2,1H3. The van der Waals surface area contributed by atoms with Crippen LogP contribution in [0.2, 0.25) is 0 Å². The first-order chi connectivity index (χ1) is 8.65. The summed E-state index contributed by atoms with van der Waals surface area (Å²) in [5.41, 5.74) is 6.42. The van der Waals surface area contributed by atoms with E-state index in [1.807, 2.05) is 0 Å². The van der Waals surface area contributed by atoms with E-state index >= 15 is 0 Å². The van der Waals surface area contributed by atoms with E-state index in [1.54, 1.807) is 12.3 Å². The number of rotatable bonds is 4. The number of methoxy groups -OCH3 is 1. The van der Waals surface area contributed by atoms with Crippen LogP contribution in [0.25, 0.3) is 5.69 Å². The van der Waals surface area contributed by atoms with Crippen molar-refractivity contribution in [3.05, 3.63) is 40.2 Å². The molecule has 1 aromatic heterocycles. The molecule has 0 fully saturated rings. The largest absolute Gasteiger partial charge is 0.490 e. The summed E-state index contributed by atoms with van der Waals surface area (Å²) in [5.74, 6) is 0.197. The summed E-state index contributed by atoms with van der Waals surface area (Å²) >= 11 is 0. The Bertz CT molecular complexity index is 581. The van der Waals surface area contributed by atoms with Gasteiger partial charge in [0.1, 0.15) is 0 Å². The van der Waals surface area contributed by atoms with Gasteiger partial charge < -0.3 is 10.5 Å². The first-order valence-electron chi connectivity index (χ1n) is 5.10. The molecule has 2 N–H and O–H groups in total. The van der Waals surface area contributed by atoms with Crippen LogP contribution in [-0.4, -0.2) is 27.0 Å². The highest BCUT2D eigenvalue weighted by Crippen LogP contribution is 2.28. The molecule has 0 aliphatic carbocycles. The van der Waals surface area contributed by atoms with Crippen molar-refractivity contribution in [3.63, 3.8) is 0 Å². The zero-order valence-electron chi connectivity index (χ0n) is 9.61. The number of nitrogens with zero attached hydrogens (tertiary/aromatic N) is 4. The molecule has 0 spiro atoms. The van der Waals surface area contributed by atoms with Crippen molar-refractivity contribution in [1.29, 1.82) is 0 Å². The summed E-state index contributed by atoms with van der Waals surface area (Å²) in [7, 11) is 1.38. The van der Waals surface area contributed by atoms with Crippen molar-refractivity contribution in [3.8, 4) is 11.4 Å². The first kappa shape index (κ1) is 12.0. The second kappa shape index (κ2) is 4.80. The number of benzene rings is 1. The summed E-state index contributed by atoms with van der Waals surface area (Å²) in [6.07, 6.45) is 1.62. The van der Waals surface area contributed by atoms with E-state index in [-0.39, 0.29) is 18.0 Å². The molecule has 0 amide bonds. The molecule has 1 heterocycles. The van der Waals surface area contributed by atoms with Gasteiger partial charge in [-0.15, -0.1) is 5.10 Å². The maximum Gasteiger partial charge on any atom is 0.313 e. The summed E-state index contributed by atoms with van der Waals surface area (Å²) in [5, 5.41) is 18.5. The maximum absolute atomic E-state index is 10.9. The Morgan fingerprint density at radius 2 is 2.33 bits per heavy atom. The molecule has 0 bridgehead atoms. The van der Waals surface area contributed by atoms with E-state index in [9.17, 15) is 10.1 Å². The van der Waals surface area contributed by atoms with Crippen LogP contribution in [0, 0.1) is 10.1 Å². The predicted octanol–water partition coefficient (Wildman–Crippen LogP) is 0.643. The van der Waals surface area contributed by atoms with E-state index < -0.39 is 4.92 Å². The number of nitro groups is 1. The highest BCUT2D eigenvalue weighted by molar-refractivity contribution is 5.53. The van der Waals surface area contributed by atoms with Gasteiger partial charge in [-0.05, 0) is 12.1 Å². The minimum atomic E-state index is -0.511. The van der Waals surface area contributed by atoms with Gasteiger partial charge in [0.2, 0.25) is 0 Å². The van der Waals surface area contributed by atoms with Crippen LogP contribution in [0.4, 0.5) is 5.69 Å². The molecule has 1 aromatic carbocycles. The normalized spacial score (nSPS) is 10.3. The van der Waals surface area contributed by atoms with E-state index in [4.69, 9.17) is 10.5 Å². The fourth-order valence-electron chi connectivity index (χ4n) is 1.48. The molecule has 94 valence electrons. The fourth-order valence-corrected chi connectivity index (χ4v) is 1.48.